The molecule has 22 heavy (non-hydrogen) atoms. The maximum atomic E-state index is 12.5. The zero-order chi connectivity index (χ0) is 15.7. The van der Waals surface area contributed by atoms with Gasteiger partial charge in [-0.3, -0.25) is 4.90 Å². The smallest absolute Gasteiger partial charge is 0.276 e. The third kappa shape index (κ3) is 3.39. The molecule has 2 atom stereocenters. The summed E-state index contributed by atoms with van der Waals surface area (Å²) in [4.78, 5) is 2.37. The first kappa shape index (κ1) is 16.0. The van der Waals surface area contributed by atoms with Crippen LogP contribution in [0.4, 0.5) is 0 Å². The normalized spacial score (nSPS) is 28.3. The van der Waals surface area contributed by atoms with E-state index in [0.29, 0.717) is 31.5 Å². The van der Waals surface area contributed by atoms with Gasteiger partial charge in [-0.25, -0.2) is 8.42 Å². The summed E-state index contributed by atoms with van der Waals surface area (Å²) in [5, 5.41) is 0.0995. The van der Waals surface area contributed by atoms with Crippen LogP contribution < -0.4 is 0 Å². The molecule has 0 aromatic carbocycles. The van der Waals surface area contributed by atoms with E-state index in [9.17, 15) is 8.42 Å². The minimum atomic E-state index is -3.43. The second-order valence-corrected chi connectivity index (χ2v) is 8.84. The number of sulfonamides is 1. The number of hydrogen-bond acceptors (Lipinski definition) is 4. The van der Waals surface area contributed by atoms with E-state index in [1.54, 1.807) is 6.07 Å². The van der Waals surface area contributed by atoms with Gasteiger partial charge in [-0.15, -0.1) is 0 Å². The Hall–Kier alpha value is -0.850. The molecule has 0 N–H and O–H groups in total. The molecule has 6 heteroatoms. The van der Waals surface area contributed by atoms with Crippen LogP contribution in [0.1, 0.15) is 38.9 Å². The number of nitrogens with zero attached hydrogens (tertiary/aromatic N) is 2. The monoisotopic (exact) mass is 326 g/mol. The van der Waals surface area contributed by atoms with Crippen molar-refractivity contribution in [2.75, 3.05) is 26.2 Å². The van der Waals surface area contributed by atoms with Crippen LogP contribution >= 0.6 is 0 Å². The first-order valence-corrected chi connectivity index (χ1v) is 9.70. The fraction of sp³-hybridized carbons (Fsp3) is 0.750. The van der Waals surface area contributed by atoms with Crippen molar-refractivity contribution in [1.29, 1.82) is 0 Å². The third-order valence-corrected chi connectivity index (χ3v) is 6.39. The Labute approximate surface area is 133 Å². The van der Waals surface area contributed by atoms with Gasteiger partial charge >= 0.3 is 0 Å². The molecule has 2 saturated heterocycles. The Morgan fingerprint density at radius 1 is 1.14 bits per heavy atom. The summed E-state index contributed by atoms with van der Waals surface area (Å²) >= 11 is 0. The molecule has 0 spiro atoms. The summed E-state index contributed by atoms with van der Waals surface area (Å²) < 4.78 is 32.1. The van der Waals surface area contributed by atoms with E-state index >= 15 is 0 Å². The van der Waals surface area contributed by atoms with E-state index in [4.69, 9.17) is 4.42 Å². The Balaban J connectivity index is 1.68. The maximum absolute atomic E-state index is 12.5. The topological polar surface area (TPSA) is 53.8 Å². The average molecular weight is 326 g/mol. The van der Waals surface area contributed by atoms with Crippen LogP contribution in [0.25, 0.3) is 0 Å². The molecule has 3 rings (SSSR count). The van der Waals surface area contributed by atoms with Crippen molar-refractivity contribution in [3.8, 4) is 0 Å². The quantitative estimate of drug-likeness (QED) is 0.853. The van der Waals surface area contributed by atoms with Gasteiger partial charge in [0.05, 0.1) is 6.54 Å². The minimum Gasteiger partial charge on any atom is -0.447 e. The lowest BCUT2D eigenvalue weighted by atomic mass is 9.92. The van der Waals surface area contributed by atoms with Crippen molar-refractivity contribution in [3.63, 3.8) is 0 Å². The van der Waals surface area contributed by atoms with E-state index < -0.39 is 10.0 Å². The Kier molecular flexibility index (Phi) is 4.61. The van der Waals surface area contributed by atoms with Crippen LogP contribution in [-0.4, -0.2) is 43.8 Å². The van der Waals surface area contributed by atoms with Gasteiger partial charge < -0.3 is 4.42 Å². The first-order valence-electron chi connectivity index (χ1n) is 8.26. The van der Waals surface area contributed by atoms with Gasteiger partial charge in [0.1, 0.15) is 5.76 Å². The van der Waals surface area contributed by atoms with E-state index in [1.165, 1.54) is 10.7 Å². The molecule has 2 aliphatic heterocycles. The Morgan fingerprint density at radius 3 is 2.41 bits per heavy atom. The zero-order valence-electron chi connectivity index (χ0n) is 13.5. The van der Waals surface area contributed by atoms with Crippen molar-refractivity contribution in [1.82, 2.24) is 9.21 Å². The van der Waals surface area contributed by atoms with Gasteiger partial charge in [0.25, 0.3) is 10.0 Å². The minimum absolute atomic E-state index is 0.0995. The lowest BCUT2D eigenvalue weighted by Gasteiger charge is -2.34. The number of likely N-dealkylation sites (tertiary alicyclic amines) is 1. The highest BCUT2D eigenvalue weighted by molar-refractivity contribution is 7.89. The Bertz CT molecular complexity index is 595. The van der Waals surface area contributed by atoms with Crippen LogP contribution in [-0.2, 0) is 16.6 Å². The summed E-state index contributed by atoms with van der Waals surface area (Å²) in [7, 11) is -3.43. The van der Waals surface area contributed by atoms with Crippen molar-refractivity contribution in [2.45, 2.75) is 44.7 Å². The molecule has 0 aliphatic carbocycles. The number of furan rings is 1. The maximum Gasteiger partial charge on any atom is 0.276 e. The van der Waals surface area contributed by atoms with E-state index in [1.807, 2.05) is 6.07 Å². The SMILES string of the molecule is CC1CC(C)CN(Cc2ccc(S(=O)(=O)N3CCCC3)o2)C1. The molecule has 1 aromatic rings. The van der Waals surface area contributed by atoms with E-state index in [-0.39, 0.29) is 5.09 Å². The van der Waals surface area contributed by atoms with Crippen molar-refractivity contribution >= 4 is 10.0 Å². The summed E-state index contributed by atoms with van der Waals surface area (Å²) in [5.74, 6) is 2.12. The molecular weight excluding hydrogens is 300 g/mol. The predicted molar refractivity (Wildman–Crippen MR) is 84.9 cm³/mol. The Morgan fingerprint density at radius 2 is 1.77 bits per heavy atom. The largest absolute Gasteiger partial charge is 0.447 e. The standard InChI is InChI=1S/C16H26N2O3S/c1-13-9-14(2)11-17(10-13)12-15-5-6-16(21-15)22(19,20)18-7-3-4-8-18/h5-6,13-14H,3-4,7-12H2,1-2H3. The fourth-order valence-corrected chi connectivity index (χ4v) is 5.22. The van der Waals surface area contributed by atoms with Gasteiger partial charge in [0.2, 0.25) is 5.09 Å². The molecule has 3 heterocycles. The summed E-state index contributed by atoms with van der Waals surface area (Å²) in [5.41, 5.74) is 0. The molecule has 5 nitrogen and oxygen atoms in total. The summed E-state index contributed by atoms with van der Waals surface area (Å²) in [6.45, 7) is 8.57. The highest BCUT2D eigenvalue weighted by atomic mass is 32.2. The van der Waals surface area contributed by atoms with E-state index in [0.717, 1.165) is 31.7 Å². The first-order chi connectivity index (χ1) is 10.4. The van der Waals surface area contributed by atoms with Crippen molar-refractivity contribution < 1.29 is 12.8 Å². The summed E-state index contributed by atoms with van der Waals surface area (Å²) in [6, 6.07) is 3.42. The second kappa shape index (κ2) is 6.34. The van der Waals surface area contributed by atoms with Crippen LogP contribution in [0, 0.1) is 11.8 Å². The number of rotatable bonds is 4. The van der Waals surface area contributed by atoms with Crippen LogP contribution in [0.2, 0.25) is 0 Å². The molecule has 0 saturated carbocycles. The fourth-order valence-electron chi connectivity index (χ4n) is 3.78. The average Bonchev–Trinajstić information content (AvgIpc) is 3.08. The van der Waals surface area contributed by atoms with Crippen LogP contribution in [0.5, 0.6) is 0 Å². The highest BCUT2D eigenvalue weighted by Crippen LogP contribution is 2.26. The molecule has 2 fully saturated rings. The second-order valence-electron chi connectivity index (χ2n) is 6.97. The van der Waals surface area contributed by atoms with Crippen LogP contribution in [0.3, 0.4) is 0 Å². The van der Waals surface area contributed by atoms with Crippen molar-refractivity contribution in [2.24, 2.45) is 11.8 Å². The van der Waals surface area contributed by atoms with Crippen LogP contribution in [0.15, 0.2) is 21.6 Å². The van der Waals surface area contributed by atoms with E-state index in [2.05, 4.69) is 18.7 Å². The summed E-state index contributed by atoms with van der Waals surface area (Å²) in [6.07, 6.45) is 3.15. The molecule has 124 valence electrons. The molecule has 1 aromatic heterocycles. The molecule has 0 amide bonds. The highest BCUT2D eigenvalue weighted by Gasteiger charge is 2.30. The number of piperidine rings is 1. The van der Waals surface area contributed by atoms with Gasteiger partial charge in [-0.2, -0.15) is 4.31 Å². The lowest BCUT2D eigenvalue weighted by molar-refractivity contribution is 0.124. The molecule has 0 bridgehead atoms. The van der Waals surface area contributed by atoms with Gasteiger partial charge in [-0.05, 0) is 43.2 Å². The molecule has 2 aliphatic rings. The van der Waals surface area contributed by atoms with Gasteiger partial charge in [0, 0.05) is 26.2 Å². The molecule has 0 radical (unpaired) electrons. The molecular formula is C16H26N2O3S. The van der Waals surface area contributed by atoms with Gasteiger partial charge in [-0.1, -0.05) is 13.8 Å². The molecule has 2 unspecified atom stereocenters. The zero-order valence-corrected chi connectivity index (χ0v) is 14.3. The van der Waals surface area contributed by atoms with Gasteiger partial charge in [0.15, 0.2) is 0 Å². The predicted octanol–water partition coefficient (Wildman–Crippen LogP) is 2.54. The third-order valence-electron chi connectivity index (χ3n) is 4.62. The van der Waals surface area contributed by atoms with Crippen molar-refractivity contribution in [3.05, 3.63) is 17.9 Å². The lowest BCUT2D eigenvalue weighted by Crippen LogP contribution is -2.38. The number of hydrogen-bond donors (Lipinski definition) is 0.